The van der Waals surface area contributed by atoms with E-state index in [0.29, 0.717) is 23.5 Å². The molecule has 0 aliphatic rings. The van der Waals surface area contributed by atoms with Gasteiger partial charge in [0.25, 0.3) is 0 Å². The van der Waals surface area contributed by atoms with Crippen LogP contribution in [0.2, 0.25) is 0 Å². The molecule has 3 aromatic carbocycles. The second kappa shape index (κ2) is 8.85. The SMILES string of the molecule is CC(=O)c1cc(F)ccc1Oc1nc2ccc(NC(N)=O)cc2cc1Cc1ccccc1. The van der Waals surface area contributed by atoms with Crippen molar-refractivity contribution in [1.82, 2.24) is 4.98 Å². The van der Waals surface area contributed by atoms with Gasteiger partial charge in [0.1, 0.15) is 11.6 Å². The molecule has 1 aromatic heterocycles. The summed E-state index contributed by atoms with van der Waals surface area (Å²) in [5.41, 5.74) is 8.33. The zero-order valence-electron chi connectivity index (χ0n) is 17.3. The molecule has 160 valence electrons. The lowest BCUT2D eigenvalue weighted by atomic mass is 10.0. The molecule has 0 spiro atoms. The maximum absolute atomic E-state index is 13.7. The average molecular weight is 429 g/mol. The molecule has 4 aromatic rings. The van der Waals surface area contributed by atoms with Gasteiger partial charge in [-0.05, 0) is 55.0 Å². The molecule has 0 aliphatic heterocycles. The fraction of sp³-hybridized carbons (Fsp3) is 0.0800. The summed E-state index contributed by atoms with van der Waals surface area (Å²) in [7, 11) is 0. The molecule has 0 bridgehead atoms. The lowest BCUT2D eigenvalue weighted by Gasteiger charge is -2.14. The zero-order valence-corrected chi connectivity index (χ0v) is 17.3. The Hall–Kier alpha value is -4.26. The lowest BCUT2D eigenvalue weighted by Crippen LogP contribution is -2.19. The molecule has 0 saturated carbocycles. The molecular formula is C25H20FN3O3. The number of benzene rings is 3. The molecule has 32 heavy (non-hydrogen) atoms. The first kappa shape index (κ1) is 21.0. The summed E-state index contributed by atoms with van der Waals surface area (Å²) < 4.78 is 19.7. The summed E-state index contributed by atoms with van der Waals surface area (Å²) in [6.07, 6.45) is 0.517. The molecule has 4 rings (SSSR count). The Morgan fingerprint density at radius 2 is 1.81 bits per heavy atom. The third-order valence-corrected chi connectivity index (χ3v) is 4.89. The number of hydrogen-bond donors (Lipinski definition) is 2. The topological polar surface area (TPSA) is 94.3 Å². The van der Waals surface area contributed by atoms with Crippen molar-refractivity contribution in [3.63, 3.8) is 0 Å². The first-order chi connectivity index (χ1) is 15.4. The van der Waals surface area contributed by atoms with Gasteiger partial charge >= 0.3 is 6.03 Å². The Morgan fingerprint density at radius 1 is 1.03 bits per heavy atom. The number of hydrogen-bond acceptors (Lipinski definition) is 4. The molecule has 0 unspecified atom stereocenters. The van der Waals surface area contributed by atoms with E-state index in [1.807, 2.05) is 36.4 Å². The van der Waals surface area contributed by atoms with E-state index in [-0.39, 0.29) is 17.1 Å². The summed E-state index contributed by atoms with van der Waals surface area (Å²) in [6.45, 7) is 1.35. The average Bonchev–Trinajstić information content (AvgIpc) is 2.75. The van der Waals surface area contributed by atoms with Crippen LogP contribution in [0.5, 0.6) is 11.6 Å². The second-order valence-electron chi connectivity index (χ2n) is 7.31. The molecule has 0 aliphatic carbocycles. The van der Waals surface area contributed by atoms with E-state index in [2.05, 4.69) is 10.3 Å². The second-order valence-corrected chi connectivity index (χ2v) is 7.31. The third kappa shape index (κ3) is 4.73. The molecule has 1 heterocycles. The number of anilines is 1. The van der Waals surface area contributed by atoms with E-state index in [0.717, 1.165) is 22.6 Å². The summed E-state index contributed by atoms with van der Waals surface area (Å²) in [6, 6.07) is 20.0. The fourth-order valence-electron chi connectivity index (χ4n) is 3.42. The predicted octanol–water partition coefficient (Wildman–Crippen LogP) is 5.45. The first-order valence-electron chi connectivity index (χ1n) is 9.91. The van der Waals surface area contributed by atoms with E-state index in [1.165, 1.54) is 19.1 Å². The van der Waals surface area contributed by atoms with Crippen LogP contribution in [0.25, 0.3) is 10.9 Å². The predicted molar refractivity (Wildman–Crippen MR) is 121 cm³/mol. The number of amides is 2. The van der Waals surface area contributed by atoms with Crippen LogP contribution < -0.4 is 15.8 Å². The molecule has 6 nitrogen and oxygen atoms in total. The highest BCUT2D eigenvalue weighted by molar-refractivity contribution is 5.97. The van der Waals surface area contributed by atoms with Crippen molar-refractivity contribution < 1.29 is 18.7 Å². The Bertz CT molecular complexity index is 1320. The van der Waals surface area contributed by atoms with Crippen LogP contribution in [0.4, 0.5) is 14.9 Å². The highest BCUT2D eigenvalue weighted by Gasteiger charge is 2.16. The minimum absolute atomic E-state index is 0.138. The van der Waals surface area contributed by atoms with Crippen molar-refractivity contribution in [2.45, 2.75) is 13.3 Å². The maximum Gasteiger partial charge on any atom is 0.316 e. The van der Waals surface area contributed by atoms with Gasteiger partial charge in [-0.15, -0.1) is 0 Å². The third-order valence-electron chi connectivity index (χ3n) is 4.89. The number of pyridine rings is 1. The van der Waals surface area contributed by atoms with Crippen LogP contribution >= 0.6 is 0 Å². The molecular weight excluding hydrogens is 409 g/mol. The molecule has 0 atom stereocenters. The van der Waals surface area contributed by atoms with Crippen molar-refractivity contribution >= 4 is 28.4 Å². The van der Waals surface area contributed by atoms with Crippen molar-refractivity contribution in [2.75, 3.05) is 5.32 Å². The number of carbonyl (C=O) groups excluding carboxylic acids is 2. The Morgan fingerprint density at radius 3 is 2.53 bits per heavy atom. The first-order valence-corrected chi connectivity index (χ1v) is 9.91. The van der Waals surface area contributed by atoms with Crippen LogP contribution in [-0.2, 0) is 6.42 Å². The summed E-state index contributed by atoms with van der Waals surface area (Å²) in [4.78, 5) is 27.9. The molecule has 0 fully saturated rings. The molecule has 2 amide bonds. The van der Waals surface area contributed by atoms with Crippen LogP contribution in [0.1, 0.15) is 28.4 Å². The number of nitrogens with two attached hydrogens (primary N) is 1. The number of halogens is 1. The van der Waals surface area contributed by atoms with E-state index >= 15 is 0 Å². The normalized spacial score (nSPS) is 10.7. The highest BCUT2D eigenvalue weighted by Crippen LogP contribution is 2.32. The number of nitrogens with one attached hydrogen (secondary N) is 1. The van der Waals surface area contributed by atoms with Gasteiger partial charge in [0, 0.05) is 23.1 Å². The van der Waals surface area contributed by atoms with Crippen molar-refractivity contribution in [2.24, 2.45) is 5.73 Å². The highest BCUT2D eigenvalue weighted by atomic mass is 19.1. The minimum atomic E-state index is -0.658. The fourth-order valence-corrected chi connectivity index (χ4v) is 3.42. The van der Waals surface area contributed by atoms with Gasteiger partial charge in [0.05, 0.1) is 11.1 Å². The number of ketones is 1. The zero-order chi connectivity index (χ0) is 22.7. The van der Waals surface area contributed by atoms with Gasteiger partial charge in [0.15, 0.2) is 5.78 Å². The van der Waals surface area contributed by atoms with Crippen molar-refractivity contribution in [3.05, 3.63) is 95.3 Å². The van der Waals surface area contributed by atoms with E-state index in [9.17, 15) is 14.0 Å². The van der Waals surface area contributed by atoms with Crippen molar-refractivity contribution in [1.29, 1.82) is 0 Å². The van der Waals surface area contributed by atoms with Crippen LogP contribution in [0.15, 0.2) is 72.8 Å². The van der Waals surface area contributed by atoms with Gasteiger partial charge in [-0.25, -0.2) is 14.2 Å². The molecule has 7 heteroatoms. The number of aromatic nitrogens is 1. The van der Waals surface area contributed by atoms with Gasteiger partial charge < -0.3 is 15.8 Å². The van der Waals surface area contributed by atoms with Gasteiger partial charge in [-0.3, -0.25) is 4.79 Å². The lowest BCUT2D eigenvalue weighted by molar-refractivity contribution is 0.101. The number of rotatable bonds is 6. The number of primary amides is 1. The summed E-state index contributed by atoms with van der Waals surface area (Å²) >= 11 is 0. The minimum Gasteiger partial charge on any atom is -0.438 e. The number of ether oxygens (including phenoxy) is 1. The number of nitrogens with zero attached hydrogens (tertiary/aromatic N) is 1. The van der Waals surface area contributed by atoms with Crippen LogP contribution in [-0.4, -0.2) is 16.8 Å². The van der Waals surface area contributed by atoms with Crippen molar-refractivity contribution in [3.8, 4) is 11.6 Å². The molecule has 0 saturated heterocycles. The number of fused-ring (bicyclic) bond motifs is 1. The Kier molecular flexibility index (Phi) is 5.81. The maximum atomic E-state index is 13.7. The van der Waals surface area contributed by atoms with Gasteiger partial charge in [-0.1, -0.05) is 30.3 Å². The molecule has 0 radical (unpaired) electrons. The van der Waals surface area contributed by atoms with Gasteiger partial charge in [-0.2, -0.15) is 0 Å². The summed E-state index contributed by atoms with van der Waals surface area (Å²) in [5.74, 6) is -0.293. The summed E-state index contributed by atoms with van der Waals surface area (Å²) in [5, 5.41) is 3.33. The van der Waals surface area contributed by atoms with E-state index in [1.54, 1.807) is 18.2 Å². The Balaban J connectivity index is 1.81. The Labute approximate surface area is 183 Å². The number of Topliss-reactive ketones (excluding diaryl/α,β-unsaturated/α-hetero) is 1. The van der Waals surface area contributed by atoms with Crippen LogP contribution in [0.3, 0.4) is 0 Å². The van der Waals surface area contributed by atoms with E-state index < -0.39 is 11.8 Å². The number of carbonyl (C=O) groups is 2. The molecule has 3 N–H and O–H groups in total. The largest absolute Gasteiger partial charge is 0.438 e. The quantitative estimate of drug-likeness (QED) is 0.399. The number of urea groups is 1. The monoisotopic (exact) mass is 429 g/mol. The standard InChI is InChI=1S/C25H20FN3O3/c1-15(30)21-14-19(26)7-10-23(21)32-24-18(11-16-5-3-2-4-6-16)12-17-13-20(28-25(27)31)8-9-22(17)29-24/h2-10,12-14H,11H2,1H3,(H3,27,28,31). The van der Waals surface area contributed by atoms with E-state index in [4.69, 9.17) is 10.5 Å². The van der Waals surface area contributed by atoms with Crippen LogP contribution in [0, 0.1) is 5.82 Å². The smallest absolute Gasteiger partial charge is 0.316 e. The van der Waals surface area contributed by atoms with Gasteiger partial charge in [0.2, 0.25) is 5.88 Å².